The number of benzene rings is 2. The van der Waals surface area contributed by atoms with E-state index in [1.54, 1.807) is 0 Å². The Morgan fingerprint density at radius 2 is 1.89 bits per heavy atom. The van der Waals surface area contributed by atoms with Crippen molar-refractivity contribution in [2.75, 3.05) is 11.4 Å². The SMILES string of the molecule is Cc1ccc(-c2nnc(CCC(=O)N3CCCCc4ccccc43)o2)cc1. The number of para-hydroxylation sites is 1. The predicted octanol–water partition coefficient (Wildman–Crippen LogP) is 4.35. The predicted molar refractivity (Wildman–Crippen MR) is 105 cm³/mol. The van der Waals surface area contributed by atoms with Crippen LogP contribution in [0.3, 0.4) is 0 Å². The zero-order valence-corrected chi connectivity index (χ0v) is 15.5. The number of fused-ring (bicyclic) bond motifs is 1. The maximum absolute atomic E-state index is 12.8. The van der Waals surface area contributed by atoms with Crippen LogP contribution in [0.25, 0.3) is 11.5 Å². The van der Waals surface area contributed by atoms with E-state index in [9.17, 15) is 4.79 Å². The van der Waals surface area contributed by atoms with E-state index in [-0.39, 0.29) is 5.91 Å². The fourth-order valence-corrected chi connectivity index (χ4v) is 3.47. The standard InChI is InChI=1S/C22H23N3O2/c1-16-9-11-18(12-10-16)22-24-23-20(27-22)13-14-21(26)25-15-5-4-7-17-6-2-3-8-19(17)25/h2-3,6,8-12H,4-5,7,13-15H2,1H3. The van der Waals surface area contributed by atoms with Crippen molar-refractivity contribution in [3.63, 3.8) is 0 Å². The first-order valence-corrected chi connectivity index (χ1v) is 9.48. The topological polar surface area (TPSA) is 59.2 Å². The average molecular weight is 361 g/mol. The summed E-state index contributed by atoms with van der Waals surface area (Å²) in [7, 11) is 0. The Balaban J connectivity index is 1.43. The van der Waals surface area contributed by atoms with Crippen molar-refractivity contribution in [2.24, 2.45) is 0 Å². The lowest BCUT2D eigenvalue weighted by Crippen LogP contribution is -2.31. The van der Waals surface area contributed by atoms with Crippen LogP contribution in [0.1, 0.15) is 36.3 Å². The monoisotopic (exact) mass is 361 g/mol. The fourth-order valence-electron chi connectivity index (χ4n) is 3.47. The van der Waals surface area contributed by atoms with Crippen LogP contribution in [-0.4, -0.2) is 22.6 Å². The highest BCUT2D eigenvalue weighted by Gasteiger charge is 2.21. The van der Waals surface area contributed by atoms with Gasteiger partial charge in [-0.1, -0.05) is 35.9 Å². The third kappa shape index (κ3) is 3.92. The summed E-state index contributed by atoms with van der Waals surface area (Å²) in [6, 6.07) is 16.2. The molecule has 0 bridgehead atoms. The zero-order valence-electron chi connectivity index (χ0n) is 15.5. The number of aromatic nitrogens is 2. The largest absolute Gasteiger partial charge is 0.421 e. The second-order valence-electron chi connectivity index (χ2n) is 7.00. The highest BCUT2D eigenvalue weighted by molar-refractivity contribution is 5.94. The van der Waals surface area contributed by atoms with Gasteiger partial charge in [0.15, 0.2) is 0 Å². The van der Waals surface area contributed by atoms with Crippen molar-refractivity contribution in [3.8, 4) is 11.5 Å². The first kappa shape index (κ1) is 17.5. The Labute approximate surface area is 159 Å². The minimum atomic E-state index is 0.111. The molecule has 1 aromatic heterocycles. The van der Waals surface area contributed by atoms with Gasteiger partial charge in [0.1, 0.15) is 0 Å². The van der Waals surface area contributed by atoms with Crippen molar-refractivity contribution in [2.45, 2.75) is 39.0 Å². The molecule has 3 aromatic rings. The minimum absolute atomic E-state index is 0.111. The Morgan fingerprint density at radius 1 is 1.07 bits per heavy atom. The van der Waals surface area contributed by atoms with Gasteiger partial charge in [0.2, 0.25) is 17.7 Å². The molecule has 2 aromatic carbocycles. The van der Waals surface area contributed by atoms with Gasteiger partial charge in [-0.3, -0.25) is 4.79 Å². The highest BCUT2D eigenvalue weighted by Crippen LogP contribution is 2.27. The molecule has 138 valence electrons. The third-order valence-electron chi connectivity index (χ3n) is 4.98. The Morgan fingerprint density at radius 3 is 2.74 bits per heavy atom. The maximum Gasteiger partial charge on any atom is 0.247 e. The summed E-state index contributed by atoms with van der Waals surface area (Å²) in [4.78, 5) is 14.8. The van der Waals surface area contributed by atoms with Crippen molar-refractivity contribution < 1.29 is 9.21 Å². The van der Waals surface area contributed by atoms with Crippen molar-refractivity contribution in [1.29, 1.82) is 0 Å². The van der Waals surface area contributed by atoms with E-state index in [1.807, 2.05) is 54.3 Å². The number of nitrogens with zero attached hydrogens (tertiary/aromatic N) is 3. The van der Waals surface area contributed by atoms with Gasteiger partial charge in [0, 0.05) is 30.6 Å². The van der Waals surface area contributed by atoms with Gasteiger partial charge in [-0.05, 0) is 49.9 Å². The Bertz CT molecular complexity index is 931. The first-order chi connectivity index (χ1) is 13.2. The summed E-state index contributed by atoms with van der Waals surface area (Å²) in [5.41, 5.74) is 4.38. The van der Waals surface area contributed by atoms with Crippen LogP contribution >= 0.6 is 0 Å². The average Bonchev–Trinajstić information content (AvgIpc) is 3.06. The summed E-state index contributed by atoms with van der Waals surface area (Å²) in [5.74, 6) is 1.11. The van der Waals surface area contributed by atoms with Gasteiger partial charge in [0.05, 0.1) is 0 Å². The molecule has 5 heteroatoms. The quantitative estimate of drug-likeness (QED) is 0.693. The van der Waals surface area contributed by atoms with Crippen molar-refractivity contribution >= 4 is 11.6 Å². The molecular weight excluding hydrogens is 338 g/mol. The lowest BCUT2D eigenvalue weighted by atomic mass is 10.1. The second kappa shape index (κ2) is 7.74. The van der Waals surface area contributed by atoms with Crippen LogP contribution in [0.5, 0.6) is 0 Å². The van der Waals surface area contributed by atoms with Crippen LogP contribution < -0.4 is 4.90 Å². The van der Waals surface area contributed by atoms with Gasteiger partial charge < -0.3 is 9.32 Å². The van der Waals surface area contributed by atoms with Gasteiger partial charge in [-0.2, -0.15) is 0 Å². The normalized spacial score (nSPS) is 13.9. The molecule has 0 fully saturated rings. The van der Waals surface area contributed by atoms with E-state index < -0.39 is 0 Å². The molecule has 0 saturated carbocycles. The lowest BCUT2D eigenvalue weighted by molar-refractivity contribution is -0.118. The fraction of sp³-hybridized carbons (Fsp3) is 0.318. The first-order valence-electron chi connectivity index (χ1n) is 9.48. The molecular formula is C22H23N3O2. The zero-order chi connectivity index (χ0) is 18.6. The minimum Gasteiger partial charge on any atom is -0.421 e. The molecule has 0 saturated heterocycles. The number of hydrogen-bond donors (Lipinski definition) is 0. The second-order valence-corrected chi connectivity index (χ2v) is 7.00. The molecule has 0 N–H and O–H groups in total. The Hall–Kier alpha value is -2.95. The molecule has 1 aliphatic heterocycles. The highest BCUT2D eigenvalue weighted by atomic mass is 16.4. The number of rotatable bonds is 4. The maximum atomic E-state index is 12.8. The van der Waals surface area contributed by atoms with E-state index in [0.717, 1.165) is 37.1 Å². The molecule has 1 amide bonds. The molecule has 0 radical (unpaired) electrons. The van der Waals surface area contributed by atoms with E-state index in [0.29, 0.717) is 24.6 Å². The molecule has 5 nitrogen and oxygen atoms in total. The molecule has 0 aliphatic carbocycles. The van der Waals surface area contributed by atoms with Crippen LogP contribution in [0.2, 0.25) is 0 Å². The van der Waals surface area contributed by atoms with Gasteiger partial charge in [-0.15, -0.1) is 10.2 Å². The van der Waals surface area contributed by atoms with Crippen LogP contribution in [-0.2, 0) is 17.6 Å². The molecule has 2 heterocycles. The smallest absolute Gasteiger partial charge is 0.247 e. The summed E-state index contributed by atoms with van der Waals surface area (Å²) in [5, 5.41) is 8.22. The molecule has 0 spiro atoms. The molecule has 4 rings (SSSR count). The van der Waals surface area contributed by atoms with Crippen molar-refractivity contribution in [3.05, 3.63) is 65.5 Å². The van der Waals surface area contributed by atoms with E-state index in [1.165, 1.54) is 11.1 Å². The van der Waals surface area contributed by atoms with Crippen LogP contribution in [0.15, 0.2) is 52.9 Å². The number of amides is 1. The van der Waals surface area contributed by atoms with Crippen LogP contribution in [0, 0.1) is 6.92 Å². The number of carbonyl (C=O) groups excluding carboxylic acids is 1. The number of aryl methyl sites for hydroxylation is 3. The van der Waals surface area contributed by atoms with Crippen LogP contribution in [0.4, 0.5) is 5.69 Å². The Kier molecular flexibility index (Phi) is 5.01. The van der Waals surface area contributed by atoms with Gasteiger partial charge in [0.25, 0.3) is 0 Å². The summed E-state index contributed by atoms with van der Waals surface area (Å²) < 4.78 is 5.75. The molecule has 0 atom stereocenters. The van der Waals surface area contributed by atoms with Crippen molar-refractivity contribution in [1.82, 2.24) is 10.2 Å². The van der Waals surface area contributed by atoms with E-state index in [2.05, 4.69) is 16.3 Å². The summed E-state index contributed by atoms with van der Waals surface area (Å²) >= 11 is 0. The summed E-state index contributed by atoms with van der Waals surface area (Å²) in [6.07, 6.45) is 3.99. The van der Waals surface area contributed by atoms with E-state index >= 15 is 0 Å². The molecule has 27 heavy (non-hydrogen) atoms. The number of anilines is 1. The van der Waals surface area contributed by atoms with E-state index in [4.69, 9.17) is 4.42 Å². The summed E-state index contributed by atoms with van der Waals surface area (Å²) in [6.45, 7) is 2.81. The number of carbonyl (C=O) groups is 1. The van der Waals surface area contributed by atoms with Gasteiger partial charge >= 0.3 is 0 Å². The molecule has 0 unspecified atom stereocenters. The molecule has 1 aliphatic rings. The van der Waals surface area contributed by atoms with Gasteiger partial charge in [-0.25, -0.2) is 0 Å². The number of hydrogen-bond acceptors (Lipinski definition) is 4. The third-order valence-corrected chi connectivity index (χ3v) is 4.98. The lowest BCUT2D eigenvalue weighted by Gasteiger charge is -2.22.